The predicted molar refractivity (Wildman–Crippen MR) is 61.2 cm³/mol. The molecular weight excluding hydrogens is 218 g/mol. The fourth-order valence-electron chi connectivity index (χ4n) is 1.25. The van der Waals surface area contributed by atoms with Crippen molar-refractivity contribution < 1.29 is 14.2 Å². The minimum Gasteiger partial charge on any atom is -0.496 e. The van der Waals surface area contributed by atoms with Crippen LogP contribution in [0.3, 0.4) is 0 Å². The number of halogens is 1. The Hall–Kier alpha value is -1.13. The maximum absolute atomic E-state index is 5.56. The topological polar surface area (TPSA) is 53.7 Å². The first-order valence-electron chi connectivity index (χ1n) is 4.25. The Morgan fingerprint density at radius 2 is 1.40 bits per heavy atom. The van der Waals surface area contributed by atoms with Gasteiger partial charge in [-0.25, -0.2) is 0 Å². The van der Waals surface area contributed by atoms with Crippen molar-refractivity contribution in [2.24, 2.45) is 5.73 Å². The van der Waals surface area contributed by atoms with E-state index in [1.165, 1.54) is 0 Å². The molecule has 0 radical (unpaired) electrons. The average molecular weight is 234 g/mol. The molecule has 4 nitrogen and oxygen atoms in total. The van der Waals surface area contributed by atoms with Crippen molar-refractivity contribution in [1.82, 2.24) is 0 Å². The molecule has 0 saturated carbocycles. The molecule has 86 valence electrons. The summed E-state index contributed by atoms with van der Waals surface area (Å²) in [6, 6.07) is 3.58. The van der Waals surface area contributed by atoms with Crippen LogP contribution in [0.15, 0.2) is 12.1 Å². The molecule has 0 bridgehead atoms. The molecule has 0 atom stereocenters. The summed E-state index contributed by atoms with van der Waals surface area (Å²) in [6.45, 7) is 0.406. The summed E-state index contributed by atoms with van der Waals surface area (Å²) < 4.78 is 15.4. The van der Waals surface area contributed by atoms with Gasteiger partial charge in [-0.15, -0.1) is 12.4 Å². The van der Waals surface area contributed by atoms with E-state index in [2.05, 4.69) is 0 Å². The number of hydrogen-bond donors (Lipinski definition) is 1. The van der Waals surface area contributed by atoms with E-state index >= 15 is 0 Å². The normalized spacial score (nSPS) is 9.07. The Bertz CT molecular complexity index is 260. The molecule has 0 unspecified atom stereocenters. The van der Waals surface area contributed by atoms with Gasteiger partial charge in [-0.3, -0.25) is 0 Å². The summed E-state index contributed by atoms with van der Waals surface area (Å²) in [7, 11) is 4.77. The summed E-state index contributed by atoms with van der Waals surface area (Å²) >= 11 is 0. The van der Waals surface area contributed by atoms with Gasteiger partial charge in [0.15, 0.2) is 11.5 Å². The number of ether oxygens (including phenoxy) is 3. The van der Waals surface area contributed by atoms with E-state index in [1.807, 2.05) is 6.07 Å². The van der Waals surface area contributed by atoms with Crippen LogP contribution in [0.1, 0.15) is 5.56 Å². The molecule has 0 aliphatic heterocycles. The predicted octanol–water partition coefficient (Wildman–Crippen LogP) is 1.59. The molecule has 0 fully saturated rings. The molecule has 0 aromatic heterocycles. The second-order valence-corrected chi connectivity index (χ2v) is 2.72. The minimum absolute atomic E-state index is 0. The van der Waals surface area contributed by atoms with E-state index in [0.29, 0.717) is 23.8 Å². The van der Waals surface area contributed by atoms with Crippen LogP contribution in [0.5, 0.6) is 17.2 Å². The van der Waals surface area contributed by atoms with Crippen molar-refractivity contribution in [2.45, 2.75) is 6.54 Å². The smallest absolute Gasteiger partial charge is 0.164 e. The second kappa shape index (κ2) is 6.37. The Balaban J connectivity index is 0.00000196. The van der Waals surface area contributed by atoms with Gasteiger partial charge in [0.05, 0.1) is 21.3 Å². The fraction of sp³-hybridized carbons (Fsp3) is 0.400. The molecule has 0 spiro atoms. The highest BCUT2D eigenvalue weighted by molar-refractivity contribution is 5.85. The van der Waals surface area contributed by atoms with Gasteiger partial charge in [0, 0.05) is 18.2 Å². The zero-order chi connectivity index (χ0) is 10.6. The number of nitrogens with two attached hydrogens (primary N) is 1. The van der Waals surface area contributed by atoms with E-state index < -0.39 is 0 Å². The maximum Gasteiger partial charge on any atom is 0.164 e. The summed E-state index contributed by atoms with van der Waals surface area (Å²) in [5.74, 6) is 2.01. The van der Waals surface area contributed by atoms with Gasteiger partial charge >= 0.3 is 0 Å². The first kappa shape index (κ1) is 13.9. The van der Waals surface area contributed by atoms with Gasteiger partial charge in [-0.05, 0) is 6.07 Å². The largest absolute Gasteiger partial charge is 0.496 e. The Morgan fingerprint density at radius 3 is 1.80 bits per heavy atom. The maximum atomic E-state index is 5.56. The number of benzene rings is 1. The van der Waals surface area contributed by atoms with Crippen molar-refractivity contribution in [3.8, 4) is 17.2 Å². The quantitative estimate of drug-likeness (QED) is 0.858. The van der Waals surface area contributed by atoms with Gasteiger partial charge in [-0.2, -0.15) is 0 Å². The monoisotopic (exact) mass is 233 g/mol. The van der Waals surface area contributed by atoms with Crippen LogP contribution in [0.25, 0.3) is 0 Å². The van der Waals surface area contributed by atoms with E-state index in [-0.39, 0.29) is 12.4 Å². The van der Waals surface area contributed by atoms with Crippen LogP contribution in [0.4, 0.5) is 0 Å². The highest BCUT2D eigenvalue weighted by Gasteiger charge is 2.09. The summed E-state index contributed by atoms with van der Waals surface area (Å²) in [4.78, 5) is 0. The van der Waals surface area contributed by atoms with Crippen molar-refractivity contribution in [3.05, 3.63) is 17.7 Å². The summed E-state index contributed by atoms with van der Waals surface area (Å²) in [6.07, 6.45) is 0. The van der Waals surface area contributed by atoms with Crippen LogP contribution < -0.4 is 19.9 Å². The van der Waals surface area contributed by atoms with E-state index in [4.69, 9.17) is 19.9 Å². The lowest BCUT2D eigenvalue weighted by Crippen LogP contribution is -2.01. The van der Waals surface area contributed by atoms with Crippen LogP contribution in [-0.2, 0) is 6.54 Å². The Kier molecular flexibility index (Phi) is 5.89. The van der Waals surface area contributed by atoms with Crippen LogP contribution >= 0.6 is 12.4 Å². The van der Waals surface area contributed by atoms with Crippen LogP contribution in [0, 0.1) is 0 Å². The first-order valence-corrected chi connectivity index (χ1v) is 4.25. The van der Waals surface area contributed by atoms with Crippen molar-refractivity contribution in [2.75, 3.05) is 21.3 Å². The third-order valence-corrected chi connectivity index (χ3v) is 2.01. The highest BCUT2D eigenvalue weighted by atomic mass is 35.5. The van der Waals surface area contributed by atoms with E-state index in [9.17, 15) is 0 Å². The molecule has 1 aromatic carbocycles. The second-order valence-electron chi connectivity index (χ2n) is 2.72. The van der Waals surface area contributed by atoms with Crippen LogP contribution in [0.2, 0.25) is 0 Å². The molecular formula is C10H16ClNO3. The zero-order valence-corrected chi connectivity index (χ0v) is 9.89. The molecule has 0 heterocycles. The number of hydrogen-bond acceptors (Lipinski definition) is 4. The number of methoxy groups -OCH3 is 3. The van der Waals surface area contributed by atoms with Gasteiger partial charge in [0.25, 0.3) is 0 Å². The van der Waals surface area contributed by atoms with Crippen molar-refractivity contribution >= 4 is 12.4 Å². The third-order valence-electron chi connectivity index (χ3n) is 2.01. The minimum atomic E-state index is 0. The fourth-order valence-corrected chi connectivity index (χ4v) is 1.25. The van der Waals surface area contributed by atoms with Crippen LogP contribution in [-0.4, -0.2) is 21.3 Å². The lowest BCUT2D eigenvalue weighted by atomic mass is 10.1. The molecule has 0 amide bonds. The summed E-state index contributed by atoms with van der Waals surface area (Å²) in [5, 5.41) is 0. The standard InChI is InChI=1S/C10H15NO3.ClH/c1-12-8-5-10(14-3)9(13-2)4-7(8)6-11;/h4-5H,6,11H2,1-3H3;1H. The molecule has 0 saturated heterocycles. The van der Waals surface area contributed by atoms with E-state index in [1.54, 1.807) is 27.4 Å². The highest BCUT2D eigenvalue weighted by Crippen LogP contribution is 2.34. The Labute approximate surface area is 95.7 Å². The van der Waals surface area contributed by atoms with E-state index in [0.717, 1.165) is 5.56 Å². The average Bonchev–Trinajstić information content (AvgIpc) is 2.26. The number of rotatable bonds is 4. The molecule has 0 aliphatic carbocycles. The van der Waals surface area contributed by atoms with Gasteiger partial charge in [0.2, 0.25) is 0 Å². The van der Waals surface area contributed by atoms with Gasteiger partial charge < -0.3 is 19.9 Å². The summed E-state index contributed by atoms with van der Waals surface area (Å²) in [5.41, 5.74) is 6.46. The molecule has 1 rings (SSSR count). The SMILES string of the molecule is COc1cc(OC)c(OC)cc1CN.Cl. The third kappa shape index (κ3) is 2.91. The molecule has 15 heavy (non-hydrogen) atoms. The lowest BCUT2D eigenvalue weighted by Gasteiger charge is -2.12. The van der Waals surface area contributed by atoms with Crippen molar-refractivity contribution in [1.29, 1.82) is 0 Å². The molecule has 0 aliphatic rings. The lowest BCUT2D eigenvalue weighted by molar-refractivity contribution is 0.347. The first-order chi connectivity index (χ1) is 6.76. The molecule has 5 heteroatoms. The van der Waals surface area contributed by atoms with Crippen molar-refractivity contribution in [3.63, 3.8) is 0 Å². The zero-order valence-electron chi connectivity index (χ0n) is 9.07. The van der Waals surface area contributed by atoms with Gasteiger partial charge in [0.1, 0.15) is 5.75 Å². The Morgan fingerprint density at radius 1 is 0.933 bits per heavy atom. The van der Waals surface area contributed by atoms with Gasteiger partial charge in [-0.1, -0.05) is 0 Å². The molecule has 1 aromatic rings. The molecule has 2 N–H and O–H groups in total.